The Morgan fingerprint density at radius 2 is 2.06 bits per heavy atom. The Morgan fingerprint density at radius 3 is 2.78 bits per heavy atom. The summed E-state index contributed by atoms with van der Waals surface area (Å²) >= 11 is 11.9. The van der Waals surface area contributed by atoms with Crippen LogP contribution in [-0.2, 0) is 0 Å². The highest BCUT2D eigenvalue weighted by atomic mass is 35.5. The van der Waals surface area contributed by atoms with E-state index in [0.29, 0.717) is 21.7 Å². The van der Waals surface area contributed by atoms with Crippen LogP contribution in [0.4, 0.5) is 0 Å². The lowest BCUT2D eigenvalue weighted by Crippen LogP contribution is -2.07. The van der Waals surface area contributed by atoms with Gasteiger partial charge in [-0.15, -0.1) is 0 Å². The zero-order chi connectivity index (χ0) is 13.1. The predicted molar refractivity (Wildman–Crippen MR) is 73.4 cm³/mol. The van der Waals surface area contributed by atoms with E-state index in [-0.39, 0.29) is 6.04 Å². The quantitative estimate of drug-likeness (QED) is 0.918. The molecule has 0 aliphatic heterocycles. The van der Waals surface area contributed by atoms with Crippen molar-refractivity contribution in [1.29, 1.82) is 0 Å². The molecular formula is C13H12Cl2N2O. The van der Waals surface area contributed by atoms with Crippen LogP contribution in [0.15, 0.2) is 36.5 Å². The number of nitrogens with two attached hydrogens (primary N) is 1. The molecule has 0 amide bonds. The third-order valence-electron chi connectivity index (χ3n) is 2.39. The maximum Gasteiger partial charge on any atom is 0.224 e. The highest BCUT2D eigenvalue weighted by Gasteiger charge is 2.11. The lowest BCUT2D eigenvalue weighted by Gasteiger charge is -2.13. The number of aromatic nitrogens is 1. The average Bonchev–Trinajstić information content (AvgIpc) is 2.34. The van der Waals surface area contributed by atoms with Crippen molar-refractivity contribution in [2.75, 3.05) is 0 Å². The van der Waals surface area contributed by atoms with E-state index in [1.165, 1.54) is 0 Å². The van der Waals surface area contributed by atoms with Gasteiger partial charge in [-0.25, -0.2) is 4.98 Å². The van der Waals surface area contributed by atoms with Gasteiger partial charge in [-0.2, -0.15) is 0 Å². The van der Waals surface area contributed by atoms with E-state index in [1.807, 2.05) is 19.1 Å². The largest absolute Gasteiger partial charge is 0.437 e. The number of benzene rings is 1. The number of rotatable bonds is 3. The highest BCUT2D eigenvalue weighted by molar-refractivity contribution is 6.34. The van der Waals surface area contributed by atoms with Gasteiger partial charge in [0.15, 0.2) is 0 Å². The van der Waals surface area contributed by atoms with E-state index in [1.54, 1.807) is 24.4 Å². The van der Waals surface area contributed by atoms with Gasteiger partial charge in [-0.05, 0) is 25.1 Å². The summed E-state index contributed by atoms with van der Waals surface area (Å²) in [5, 5.41) is 1.02. The van der Waals surface area contributed by atoms with Gasteiger partial charge in [0.05, 0.1) is 5.02 Å². The van der Waals surface area contributed by atoms with Gasteiger partial charge in [0.1, 0.15) is 5.75 Å². The first-order valence-corrected chi connectivity index (χ1v) is 6.17. The molecule has 0 saturated carbocycles. The van der Waals surface area contributed by atoms with E-state index >= 15 is 0 Å². The molecule has 1 aromatic carbocycles. The number of nitrogens with zero attached hydrogens (tertiary/aromatic N) is 1. The molecule has 2 aromatic rings. The van der Waals surface area contributed by atoms with E-state index in [0.717, 1.165) is 5.56 Å². The Bertz CT molecular complexity index is 558. The van der Waals surface area contributed by atoms with Crippen LogP contribution in [0.3, 0.4) is 0 Å². The van der Waals surface area contributed by atoms with Crippen LogP contribution in [-0.4, -0.2) is 4.98 Å². The molecule has 3 nitrogen and oxygen atoms in total. The van der Waals surface area contributed by atoms with Crippen molar-refractivity contribution < 1.29 is 4.74 Å². The Labute approximate surface area is 115 Å². The first-order chi connectivity index (χ1) is 8.58. The number of ether oxygens (including phenoxy) is 1. The average molecular weight is 283 g/mol. The molecular weight excluding hydrogens is 271 g/mol. The van der Waals surface area contributed by atoms with Crippen LogP contribution < -0.4 is 10.5 Å². The number of hydrogen-bond acceptors (Lipinski definition) is 3. The Balaban J connectivity index is 2.37. The Morgan fingerprint density at radius 1 is 1.28 bits per heavy atom. The molecule has 18 heavy (non-hydrogen) atoms. The minimum Gasteiger partial charge on any atom is -0.437 e. The second-order valence-electron chi connectivity index (χ2n) is 3.86. The van der Waals surface area contributed by atoms with Crippen molar-refractivity contribution >= 4 is 23.2 Å². The van der Waals surface area contributed by atoms with Crippen LogP contribution in [0, 0.1) is 0 Å². The molecule has 0 saturated heterocycles. The van der Waals surface area contributed by atoms with E-state index in [9.17, 15) is 0 Å². The normalized spacial score (nSPS) is 12.2. The highest BCUT2D eigenvalue weighted by Crippen LogP contribution is 2.33. The molecule has 1 aromatic heterocycles. The zero-order valence-electron chi connectivity index (χ0n) is 9.73. The first-order valence-electron chi connectivity index (χ1n) is 5.41. The van der Waals surface area contributed by atoms with Gasteiger partial charge in [0, 0.05) is 28.9 Å². The van der Waals surface area contributed by atoms with Gasteiger partial charge >= 0.3 is 0 Å². The fraction of sp³-hybridized carbons (Fsp3) is 0.154. The zero-order valence-corrected chi connectivity index (χ0v) is 11.2. The summed E-state index contributed by atoms with van der Waals surface area (Å²) in [5.74, 6) is 0.904. The van der Waals surface area contributed by atoms with E-state index in [4.69, 9.17) is 33.7 Å². The van der Waals surface area contributed by atoms with Crippen LogP contribution in [0.2, 0.25) is 10.0 Å². The van der Waals surface area contributed by atoms with Crippen LogP contribution in [0.5, 0.6) is 11.6 Å². The first kappa shape index (κ1) is 13.1. The second-order valence-corrected chi connectivity index (χ2v) is 4.71. The molecule has 0 unspecified atom stereocenters. The predicted octanol–water partition coefficient (Wildman–Crippen LogP) is 4.20. The molecule has 1 atom stereocenters. The van der Waals surface area contributed by atoms with Gasteiger partial charge in [-0.1, -0.05) is 29.3 Å². The molecule has 2 rings (SSSR count). The molecule has 0 radical (unpaired) electrons. The molecule has 0 fully saturated rings. The summed E-state index contributed by atoms with van der Waals surface area (Å²) in [6.45, 7) is 1.86. The molecule has 0 bridgehead atoms. The number of pyridine rings is 1. The Hall–Kier alpha value is -1.29. The van der Waals surface area contributed by atoms with Crippen molar-refractivity contribution in [1.82, 2.24) is 4.98 Å². The molecule has 1 heterocycles. The van der Waals surface area contributed by atoms with Crippen molar-refractivity contribution in [3.05, 3.63) is 52.1 Å². The minimum atomic E-state index is -0.174. The molecule has 0 spiro atoms. The van der Waals surface area contributed by atoms with Gasteiger partial charge in [0.2, 0.25) is 5.88 Å². The fourth-order valence-electron chi connectivity index (χ4n) is 1.49. The molecule has 0 aliphatic rings. The minimum absolute atomic E-state index is 0.174. The van der Waals surface area contributed by atoms with Gasteiger partial charge in [-0.3, -0.25) is 0 Å². The maximum atomic E-state index is 6.04. The van der Waals surface area contributed by atoms with Gasteiger partial charge < -0.3 is 10.5 Å². The lowest BCUT2D eigenvalue weighted by molar-refractivity contribution is 0.452. The van der Waals surface area contributed by atoms with E-state index < -0.39 is 0 Å². The topological polar surface area (TPSA) is 48.1 Å². The fourth-order valence-corrected chi connectivity index (χ4v) is 1.81. The number of hydrogen-bond donors (Lipinski definition) is 1. The van der Waals surface area contributed by atoms with Gasteiger partial charge in [0.25, 0.3) is 0 Å². The third kappa shape index (κ3) is 2.93. The van der Waals surface area contributed by atoms with Crippen molar-refractivity contribution in [2.45, 2.75) is 13.0 Å². The van der Waals surface area contributed by atoms with Crippen molar-refractivity contribution in [3.8, 4) is 11.6 Å². The number of halogens is 2. The molecule has 94 valence electrons. The van der Waals surface area contributed by atoms with E-state index in [2.05, 4.69) is 4.98 Å². The Kier molecular flexibility index (Phi) is 4.07. The summed E-state index contributed by atoms with van der Waals surface area (Å²) in [7, 11) is 0. The molecule has 0 aliphatic carbocycles. The standard InChI is InChI=1S/C13H12Cl2N2O/c1-8(16)10-3-2-6-17-13(10)18-12-7-9(14)4-5-11(12)15/h2-8H,16H2,1H3/t8-/m1/s1. The summed E-state index contributed by atoms with van der Waals surface area (Å²) in [6, 6.07) is 8.52. The van der Waals surface area contributed by atoms with Crippen LogP contribution >= 0.6 is 23.2 Å². The molecule has 2 N–H and O–H groups in total. The lowest BCUT2D eigenvalue weighted by atomic mass is 10.1. The monoisotopic (exact) mass is 282 g/mol. The van der Waals surface area contributed by atoms with Crippen LogP contribution in [0.25, 0.3) is 0 Å². The summed E-state index contributed by atoms with van der Waals surface area (Å²) in [5.41, 5.74) is 6.67. The van der Waals surface area contributed by atoms with Crippen LogP contribution in [0.1, 0.15) is 18.5 Å². The SMILES string of the molecule is C[C@@H](N)c1cccnc1Oc1cc(Cl)ccc1Cl. The second kappa shape index (κ2) is 5.57. The maximum absolute atomic E-state index is 6.04. The van der Waals surface area contributed by atoms with Crippen molar-refractivity contribution in [2.24, 2.45) is 5.73 Å². The third-order valence-corrected chi connectivity index (χ3v) is 2.94. The molecule has 5 heteroatoms. The summed E-state index contributed by atoms with van der Waals surface area (Å²) < 4.78 is 5.67. The summed E-state index contributed by atoms with van der Waals surface area (Å²) in [6.07, 6.45) is 1.64. The smallest absolute Gasteiger partial charge is 0.224 e. The van der Waals surface area contributed by atoms with Crippen molar-refractivity contribution in [3.63, 3.8) is 0 Å². The summed E-state index contributed by atoms with van der Waals surface area (Å²) in [4.78, 5) is 4.16.